The Balaban J connectivity index is 1.59. The maximum Gasteiger partial charge on any atom is 0.254 e. The zero-order valence-corrected chi connectivity index (χ0v) is 19.0. The SMILES string of the molecule is COc1ccc(CNc2nc(-c3ccc(Cl)cc3)nn2C(=O)Cc2ccc(OC)cc2)cc1. The highest BCUT2D eigenvalue weighted by atomic mass is 35.5. The molecule has 0 unspecified atom stereocenters. The van der Waals surface area contributed by atoms with Crippen LogP contribution in [0.3, 0.4) is 0 Å². The molecule has 7 nitrogen and oxygen atoms in total. The molecule has 33 heavy (non-hydrogen) atoms. The fraction of sp³-hybridized carbons (Fsp3) is 0.160. The summed E-state index contributed by atoms with van der Waals surface area (Å²) >= 11 is 6.01. The molecular formula is C25H23ClN4O3. The first kappa shape index (κ1) is 22.4. The molecule has 1 N–H and O–H groups in total. The lowest BCUT2D eigenvalue weighted by atomic mass is 10.1. The number of hydrogen-bond acceptors (Lipinski definition) is 6. The van der Waals surface area contributed by atoms with Crippen LogP contribution >= 0.6 is 11.6 Å². The summed E-state index contributed by atoms with van der Waals surface area (Å²) in [7, 11) is 3.23. The van der Waals surface area contributed by atoms with Crippen molar-refractivity contribution in [1.29, 1.82) is 0 Å². The number of rotatable bonds is 8. The highest BCUT2D eigenvalue weighted by Gasteiger charge is 2.18. The van der Waals surface area contributed by atoms with Gasteiger partial charge in [-0.3, -0.25) is 4.79 Å². The number of methoxy groups -OCH3 is 2. The van der Waals surface area contributed by atoms with Crippen molar-refractivity contribution in [2.24, 2.45) is 0 Å². The second-order valence-corrected chi connectivity index (χ2v) is 7.73. The van der Waals surface area contributed by atoms with Crippen LogP contribution in [0.4, 0.5) is 5.95 Å². The fourth-order valence-electron chi connectivity index (χ4n) is 3.24. The highest BCUT2D eigenvalue weighted by Crippen LogP contribution is 2.22. The Kier molecular flexibility index (Phi) is 6.90. The summed E-state index contributed by atoms with van der Waals surface area (Å²) in [6, 6.07) is 22.2. The first-order valence-electron chi connectivity index (χ1n) is 10.3. The van der Waals surface area contributed by atoms with Gasteiger partial charge in [0.2, 0.25) is 5.95 Å². The average Bonchev–Trinajstić information content (AvgIpc) is 3.28. The smallest absolute Gasteiger partial charge is 0.254 e. The molecule has 0 radical (unpaired) electrons. The van der Waals surface area contributed by atoms with Crippen molar-refractivity contribution in [3.05, 3.63) is 88.9 Å². The number of halogens is 1. The van der Waals surface area contributed by atoms with Gasteiger partial charge in [-0.1, -0.05) is 35.9 Å². The van der Waals surface area contributed by atoms with E-state index in [-0.39, 0.29) is 12.3 Å². The molecule has 0 aliphatic rings. The van der Waals surface area contributed by atoms with Gasteiger partial charge < -0.3 is 14.8 Å². The highest BCUT2D eigenvalue weighted by molar-refractivity contribution is 6.30. The third-order valence-electron chi connectivity index (χ3n) is 5.07. The van der Waals surface area contributed by atoms with Crippen molar-refractivity contribution in [2.45, 2.75) is 13.0 Å². The third-order valence-corrected chi connectivity index (χ3v) is 5.32. The topological polar surface area (TPSA) is 78.3 Å². The second kappa shape index (κ2) is 10.2. The van der Waals surface area contributed by atoms with E-state index in [9.17, 15) is 4.79 Å². The van der Waals surface area contributed by atoms with Gasteiger partial charge in [0.15, 0.2) is 5.82 Å². The summed E-state index contributed by atoms with van der Waals surface area (Å²) in [6.45, 7) is 0.471. The van der Waals surface area contributed by atoms with Gasteiger partial charge in [-0.05, 0) is 59.7 Å². The lowest BCUT2D eigenvalue weighted by Gasteiger charge is -2.08. The Morgan fingerprint density at radius 1 is 0.879 bits per heavy atom. The number of carbonyl (C=O) groups is 1. The molecule has 4 rings (SSSR count). The minimum absolute atomic E-state index is 0.171. The maximum absolute atomic E-state index is 13.1. The van der Waals surface area contributed by atoms with E-state index in [4.69, 9.17) is 21.1 Å². The van der Waals surface area contributed by atoms with Crippen molar-refractivity contribution in [3.63, 3.8) is 0 Å². The standard InChI is InChI=1S/C25H23ClN4O3/c1-32-21-11-3-17(4-12-21)15-23(31)30-25(27-16-18-5-13-22(33-2)14-6-18)28-24(29-30)19-7-9-20(26)10-8-19/h3-14H,15-16H2,1-2H3,(H,27,28,29). The molecule has 0 aliphatic carbocycles. The van der Waals surface area contributed by atoms with Crippen molar-refractivity contribution >= 4 is 23.5 Å². The molecule has 0 aliphatic heterocycles. The van der Waals surface area contributed by atoms with Crippen molar-refractivity contribution in [1.82, 2.24) is 14.8 Å². The van der Waals surface area contributed by atoms with Gasteiger partial charge in [-0.2, -0.15) is 9.67 Å². The van der Waals surface area contributed by atoms with E-state index >= 15 is 0 Å². The quantitative estimate of drug-likeness (QED) is 0.392. The fourth-order valence-corrected chi connectivity index (χ4v) is 3.37. The van der Waals surface area contributed by atoms with E-state index in [1.165, 1.54) is 4.68 Å². The van der Waals surface area contributed by atoms with Crippen LogP contribution in [0.1, 0.15) is 15.9 Å². The Labute approximate surface area is 196 Å². The monoisotopic (exact) mass is 462 g/mol. The largest absolute Gasteiger partial charge is 0.497 e. The summed E-state index contributed by atoms with van der Waals surface area (Å²) in [5, 5.41) is 8.34. The van der Waals surface area contributed by atoms with E-state index in [0.29, 0.717) is 23.3 Å². The Morgan fingerprint density at radius 2 is 1.45 bits per heavy atom. The van der Waals surface area contributed by atoms with E-state index < -0.39 is 0 Å². The van der Waals surface area contributed by atoms with Gasteiger partial charge in [0.25, 0.3) is 5.91 Å². The van der Waals surface area contributed by atoms with Crippen LogP contribution in [0, 0.1) is 0 Å². The van der Waals surface area contributed by atoms with Gasteiger partial charge in [-0.15, -0.1) is 5.10 Å². The summed E-state index contributed by atoms with van der Waals surface area (Å²) in [5.74, 6) is 2.12. The lowest BCUT2D eigenvalue weighted by Crippen LogP contribution is -2.18. The zero-order valence-electron chi connectivity index (χ0n) is 18.3. The number of aromatic nitrogens is 3. The molecule has 0 saturated carbocycles. The number of carbonyl (C=O) groups excluding carboxylic acids is 1. The Bertz CT molecular complexity index is 1220. The van der Waals surface area contributed by atoms with E-state index in [0.717, 1.165) is 28.2 Å². The number of benzene rings is 3. The van der Waals surface area contributed by atoms with Crippen LogP contribution in [-0.4, -0.2) is 34.9 Å². The molecule has 0 amide bonds. The van der Waals surface area contributed by atoms with E-state index in [2.05, 4.69) is 15.4 Å². The molecule has 0 atom stereocenters. The predicted molar refractivity (Wildman–Crippen MR) is 128 cm³/mol. The molecule has 0 bridgehead atoms. The average molecular weight is 463 g/mol. The van der Waals surface area contributed by atoms with Gasteiger partial charge in [-0.25, -0.2) is 0 Å². The zero-order chi connectivity index (χ0) is 23.2. The molecular weight excluding hydrogens is 440 g/mol. The number of hydrogen-bond donors (Lipinski definition) is 1. The van der Waals surface area contributed by atoms with E-state index in [1.807, 2.05) is 60.7 Å². The van der Waals surface area contributed by atoms with Crippen molar-refractivity contribution < 1.29 is 14.3 Å². The minimum Gasteiger partial charge on any atom is -0.497 e. The Hall–Kier alpha value is -3.84. The normalized spacial score (nSPS) is 10.6. The van der Waals surface area contributed by atoms with Gasteiger partial charge in [0.1, 0.15) is 11.5 Å². The number of nitrogens with one attached hydrogen (secondary N) is 1. The number of anilines is 1. The molecule has 0 spiro atoms. The predicted octanol–water partition coefficient (Wildman–Crippen LogP) is 5.11. The minimum atomic E-state index is -0.204. The van der Waals surface area contributed by atoms with Gasteiger partial charge in [0, 0.05) is 17.1 Å². The lowest BCUT2D eigenvalue weighted by molar-refractivity contribution is 0.0901. The van der Waals surface area contributed by atoms with Crippen LogP contribution in [0.15, 0.2) is 72.8 Å². The van der Waals surface area contributed by atoms with E-state index in [1.54, 1.807) is 26.4 Å². The molecule has 3 aromatic carbocycles. The molecule has 4 aromatic rings. The van der Waals surface area contributed by atoms with Crippen LogP contribution in [0.5, 0.6) is 11.5 Å². The maximum atomic E-state index is 13.1. The first-order valence-corrected chi connectivity index (χ1v) is 10.7. The summed E-state index contributed by atoms with van der Waals surface area (Å²) < 4.78 is 11.7. The molecule has 1 aromatic heterocycles. The number of nitrogens with zero attached hydrogens (tertiary/aromatic N) is 3. The van der Waals surface area contributed by atoms with Crippen LogP contribution in [0.25, 0.3) is 11.4 Å². The Morgan fingerprint density at radius 3 is 2.03 bits per heavy atom. The molecule has 0 saturated heterocycles. The molecule has 8 heteroatoms. The summed E-state index contributed by atoms with van der Waals surface area (Å²) in [5.41, 5.74) is 2.63. The van der Waals surface area contributed by atoms with Crippen LogP contribution < -0.4 is 14.8 Å². The number of ether oxygens (including phenoxy) is 2. The third kappa shape index (κ3) is 5.51. The van der Waals surface area contributed by atoms with Crippen LogP contribution in [-0.2, 0) is 13.0 Å². The van der Waals surface area contributed by atoms with Gasteiger partial charge >= 0.3 is 0 Å². The molecule has 168 valence electrons. The van der Waals surface area contributed by atoms with Gasteiger partial charge in [0.05, 0.1) is 20.6 Å². The summed E-state index contributed by atoms with van der Waals surface area (Å²) in [6.07, 6.45) is 0.171. The second-order valence-electron chi connectivity index (χ2n) is 7.30. The molecule has 1 heterocycles. The summed E-state index contributed by atoms with van der Waals surface area (Å²) in [4.78, 5) is 17.7. The molecule has 0 fully saturated rings. The van der Waals surface area contributed by atoms with Crippen molar-refractivity contribution in [3.8, 4) is 22.9 Å². The van der Waals surface area contributed by atoms with Crippen molar-refractivity contribution in [2.75, 3.05) is 19.5 Å². The first-order chi connectivity index (χ1) is 16.1. The van der Waals surface area contributed by atoms with Crippen LogP contribution in [0.2, 0.25) is 5.02 Å².